The van der Waals surface area contributed by atoms with Crippen LogP contribution >= 0.6 is 0 Å². The number of para-hydroxylation sites is 1. The van der Waals surface area contributed by atoms with E-state index in [0.29, 0.717) is 23.5 Å². The number of aromatic amines is 1. The van der Waals surface area contributed by atoms with Crippen LogP contribution in [0.1, 0.15) is 5.69 Å². The van der Waals surface area contributed by atoms with Gasteiger partial charge in [-0.15, -0.1) is 0 Å². The summed E-state index contributed by atoms with van der Waals surface area (Å²) < 4.78 is 3.38. The Balaban J connectivity index is 1.52. The van der Waals surface area contributed by atoms with Crippen LogP contribution in [0.4, 0.5) is 5.95 Å². The molecule has 5 rings (SSSR count). The second kappa shape index (κ2) is 6.06. The molecule has 0 aliphatic rings. The molecule has 132 valence electrons. The molecule has 4 aromatic heterocycles. The molecule has 0 aliphatic carbocycles. The highest BCUT2D eigenvalue weighted by atomic mass is 16.1. The molecule has 0 fully saturated rings. The first-order valence-corrected chi connectivity index (χ1v) is 8.34. The zero-order valence-electron chi connectivity index (χ0n) is 14.1. The number of anilines is 1. The van der Waals surface area contributed by atoms with Gasteiger partial charge in [0.15, 0.2) is 11.3 Å². The topological polar surface area (TPSA) is 106 Å². The Kier molecular flexibility index (Phi) is 3.42. The summed E-state index contributed by atoms with van der Waals surface area (Å²) >= 11 is 0. The van der Waals surface area contributed by atoms with Gasteiger partial charge in [-0.25, -0.2) is 14.2 Å². The normalized spacial score (nSPS) is 11.3. The van der Waals surface area contributed by atoms with Crippen molar-refractivity contribution in [3.8, 4) is 5.69 Å². The molecule has 0 atom stereocenters. The van der Waals surface area contributed by atoms with Crippen LogP contribution in [0.5, 0.6) is 0 Å². The highest BCUT2D eigenvalue weighted by Crippen LogP contribution is 2.15. The van der Waals surface area contributed by atoms with Gasteiger partial charge in [-0.05, 0) is 18.2 Å². The number of rotatable bonds is 4. The van der Waals surface area contributed by atoms with Crippen molar-refractivity contribution in [2.75, 3.05) is 5.32 Å². The summed E-state index contributed by atoms with van der Waals surface area (Å²) in [4.78, 5) is 23.9. The van der Waals surface area contributed by atoms with Crippen molar-refractivity contribution in [3.63, 3.8) is 0 Å². The molecule has 4 heterocycles. The minimum atomic E-state index is -0.247. The molecule has 0 aliphatic heterocycles. The lowest BCUT2D eigenvalue weighted by atomic mass is 10.3. The molecular formula is C18H14N8O. The van der Waals surface area contributed by atoms with Gasteiger partial charge in [-0.1, -0.05) is 18.2 Å². The molecule has 0 amide bonds. The number of hydrogen-bond acceptors (Lipinski definition) is 6. The second-order valence-corrected chi connectivity index (χ2v) is 5.93. The Morgan fingerprint density at radius 3 is 2.81 bits per heavy atom. The summed E-state index contributed by atoms with van der Waals surface area (Å²) in [5, 5.41) is 12.1. The average Bonchev–Trinajstić information content (AvgIpc) is 3.34. The third kappa shape index (κ3) is 2.61. The molecule has 0 spiro atoms. The molecular weight excluding hydrogens is 344 g/mol. The minimum Gasteiger partial charge on any atom is -0.350 e. The van der Waals surface area contributed by atoms with E-state index in [1.807, 2.05) is 42.5 Å². The van der Waals surface area contributed by atoms with E-state index < -0.39 is 0 Å². The van der Waals surface area contributed by atoms with E-state index in [0.717, 1.165) is 17.0 Å². The molecule has 0 bridgehead atoms. The zero-order chi connectivity index (χ0) is 18.2. The van der Waals surface area contributed by atoms with Crippen LogP contribution in [0.2, 0.25) is 0 Å². The molecule has 0 unspecified atom stereocenters. The first kappa shape index (κ1) is 15.3. The standard InChI is InChI=1S/C18H14N8O/c27-17-14-11-22-26(12-4-2-1-3-5-12)16(14)23-18(24-17)20-10-13-6-8-19-15-7-9-21-25(13)15/h1-9,11H,10H2,(H2,20,23,24,27). The monoisotopic (exact) mass is 358 g/mol. The van der Waals surface area contributed by atoms with Crippen molar-refractivity contribution >= 4 is 22.6 Å². The van der Waals surface area contributed by atoms with Crippen molar-refractivity contribution < 1.29 is 0 Å². The van der Waals surface area contributed by atoms with E-state index in [4.69, 9.17) is 0 Å². The van der Waals surface area contributed by atoms with Crippen LogP contribution in [0, 0.1) is 0 Å². The van der Waals surface area contributed by atoms with Gasteiger partial charge in [0.05, 0.1) is 30.3 Å². The van der Waals surface area contributed by atoms with Gasteiger partial charge in [0.2, 0.25) is 5.95 Å². The maximum Gasteiger partial charge on any atom is 0.263 e. The summed E-state index contributed by atoms with van der Waals surface area (Å²) in [6.45, 7) is 0.425. The lowest BCUT2D eigenvalue weighted by molar-refractivity contribution is 0.846. The summed E-state index contributed by atoms with van der Waals surface area (Å²) in [6.07, 6.45) is 4.93. The van der Waals surface area contributed by atoms with Crippen molar-refractivity contribution in [1.29, 1.82) is 0 Å². The number of benzene rings is 1. The SMILES string of the molecule is O=c1[nH]c(NCc2ccnc3ccnn23)nc2c1cnn2-c1ccccc1. The fraction of sp³-hybridized carbons (Fsp3) is 0.0556. The van der Waals surface area contributed by atoms with E-state index in [1.165, 1.54) is 6.20 Å². The third-order valence-electron chi connectivity index (χ3n) is 4.24. The maximum absolute atomic E-state index is 12.4. The first-order valence-electron chi connectivity index (χ1n) is 8.34. The number of hydrogen-bond donors (Lipinski definition) is 2. The number of H-pyrrole nitrogens is 1. The Morgan fingerprint density at radius 2 is 1.93 bits per heavy atom. The summed E-state index contributed by atoms with van der Waals surface area (Å²) in [6, 6.07) is 13.3. The minimum absolute atomic E-state index is 0.247. The van der Waals surface area contributed by atoms with Crippen LogP contribution in [0.3, 0.4) is 0 Å². The third-order valence-corrected chi connectivity index (χ3v) is 4.24. The van der Waals surface area contributed by atoms with Crippen LogP contribution < -0.4 is 10.9 Å². The molecule has 9 heteroatoms. The molecule has 27 heavy (non-hydrogen) atoms. The molecule has 1 aromatic carbocycles. The highest BCUT2D eigenvalue weighted by molar-refractivity contribution is 5.76. The quantitative estimate of drug-likeness (QED) is 0.507. The van der Waals surface area contributed by atoms with Gasteiger partial charge in [0, 0.05) is 12.3 Å². The predicted octanol–water partition coefficient (Wildman–Crippen LogP) is 1.76. The average molecular weight is 358 g/mol. The van der Waals surface area contributed by atoms with Crippen molar-refractivity contribution in [2.24, 2.45) is 0 Å². The lowest BCUT2D eigenvalue weighted by Gasteiger charge is -2.08. The Hall–Kier alpha value is -4.01. The van der Waals surface area contributed by atoms with Crippen molar-refractivity contribution in [1.82, 2.24) is 34.3 Å². The summed E-state index contributed by atoms with van der Waals surface area (Å²) in [5.41, 5.74) is 2.73. The van der Waals surface area contributed by atoms with E-state index in [9.17, 15) is 4.79 Å². The van der Waals surface area contributed by atoms with E-state index in [1.54, 1.807) is 21.6 Å². The number of fused-ring (bicyclic) bond motifs is 2. The van der Waals surface area contributed by atoms with E-state index >= 15 is 0 Å². The summed E-state index contributed by atoms with van der Waals surface area (Å²) in [7, 11) is 0. The Labute approximate surface area is 152 Å². The fourth-order valence-electron chi connectivity index (χ4n) is 2.95. The Bertz CT molecular complexity index is 1300. The second-order valence-electron chi connectivity index (χ2n) is 5.93. The number of nitrogens with one attached hydrogen (secondary N) is 2. The first-order chi connectivity index (χ1) is 13.3. The summed E-state index contributed by atoms with van der Waals surface area (Å²) in [5.74, 6) is 0.363. The largest absolute Gasteiger partial charge is 0.350 e. The number of aromatic nitrogens is 7. The van der Waals surface area contributed by atoms with Crippen LogP contribution in [0.15, 0.2) is 65.8 Å². The van der Waals surface area contributed by atoms with Gasteiger partial charge in [0.1, 0.15) is 5.39 Å². The van der Waals surface area contributed by atoms with Gasteiger partial charge >= 0.3 is 0 Å². The Morgan fingerprint density at radius 1 is 1.04 bits per heavy atom. The molecule has 0 saturated carbocycles. The fourth-order valence-corrected chi connectivity index (χ4v) is 2.95. The van der Waals surface area contributed by atoms with Crippen molar-refractivity contribution in [2.45, 2.75) is 6.54 Å². The number of nitrogens with zero attached hydrogens (tertiary/aromatic N) is 6. The van der Waals surface area contributed by atoms with Gasteiger partial charge in [0.25, 0.3) is 5.56 Å². The highest BCUT2D eigenvalue weighted by Gasteiger charge is 2.11. The van der Waals surface area contributed by atoms with Crippen LogP contribution in [-0.2, 0) is 6.54 Å². The van der Waals surface area contributed by atoms with Gasteiger partial charge in [-0.3, -0.25) is 9.78 Å². The van der Waals surface area contributed by atoms with Gasteiger partial charge < -0.3 is 5.32 Å². The predicted molar refractivity (Wildman–Crippen MR) is 99.8 cm³/mol. The molecule has 0 saturated heterocycles. The van der Waals surface area contributed by atoms with Crippen LogP contribution in [0.25, 0.3) is 22.4 Å². The molecule has 5 aromatic rings. The molecule has 0 radical (unpaired) electrons. The van der Waals surface area contributed by atoms with E-state index in [-0.39, 0.29) is 5.56 Å². The van der Waals surface area contributed by atoms with Gasteiger partial charge in [-0.2, -0.15) is 15.2 Å². The smallest absolute Gasteiger partial charge is 0.263 e. The zero-order valence-corrected chi connectivity index (χ0v) is 14.1. The molecule has 9 nitrogen and oxygen atoms in total. The maximum atomic E-state index is 12.4. The van der Waals surface area contributed by atoms with Crippen LogP contribution in [-0.4, -0.2) is 34.3 Å². The molecule has 2 N–H and O–H groups in total. The lowest BCUT2D eigenvalue weighted by Crippen LogP contribution is -2.15. The van der Waals surface area contributed by atoms with Crippen molar-refractivity contribution in [3.05, 3.63) is 77.1 Å². The van der Waals surface area contributed by atoms with E-state index in [2.05, 4.69) is 30.5 Å².